The van der Waals surface area contributed by atoms with E-state index in [0.717, 1.165) is 22.3 Å². The minimum absolute atomic E-state index is 0.201. The quantitative estimate of drug-likeness (QED) is 0.313. The Kier molecular flexibility index (Phi) is 6.00. The Morgan fingerprint density at radius 1 is 0.875 bits per heavy atom. The summed E-state index contributed by atoms with van der Waals surface area (Å²) < 4.78 is 33.6. The first-order valence-corrected chi connectivity index (χ1v) is 11.8. The van der Waals surface area contributed by atoms with Crippen LogP contribution in [0.15, 0.2) is 89.3 Å². The van der Waals surface area contributed by atoms with Gasteiger partial charge in [0, 0.05) is 0 Å². The minimum Gasteiger partial charge on any atom is -0.466 e. The molecule has 0 saturated carbocycles. The standard InChI is InChI=1S/C26H25NO4S/c1-18-9-13-21(14-10-18)24-25(23(26(28)31-3)17-20-7-5-4-6-8-20)27(24)32(29,30)22-15-11-19(2)12-16-22/h4-17,24-25H,1-3H3/b23-17+/t24-,25+,27?/m0/s1. The number of sulfonamides is 1. The largest absolute Gasteiger partial charge is 0.466 e. The number of hydrogen-bond acceptors (Lipinski definition) is 4. The Bertz CT molecular complexity index is 1250. The molecule has 0 aliphatic carbocycles. The zero-order chi connectivity index (χ0) is 22.9. The number of carbonyl (C=O) groups excluding carboxylic acids is 1. The number of aryl methyl sites for hydroxylation is 2. The second-order valence-corrected chi connectivity index (χ2v) is 9.79. The molecule has 0 N–H and O–H groups in total. The van der Waals surface area contributed by atoms with E-state index in [2.05, 4.69) is 0 Å². The molecule has 1 unspecified atom stereocenters. The maximum Gasteiger partial charge on any atom is 0.335 e. The molecular formula is C26H25NO4S. The first-order chi connectivity index (χ1) is 15.3. The highest BCUT2D eigenvalue weighted by Crippen LogP contribution is 2.51. The van der Waals surface area contributed by atoms with Gasteiger partial charge in [0.25, 0.3) is 0 Å². The van der Waals surface area contributed by atoms with Crippen LogP contribution in [0, 0.1) is 13.8 Å². The molecule has 6 heteroatoms. The molecule has 1 aliphatic heterocycles. The van der Waals surface area contributed by atoms with E-state index >= 15 is 0 Å². The molecule has 3 aromatic rings. The lowest BCUT2D eigenvalue weighted by Gasteiger charge is -2.09. The van der Waals surface area contributed by atoms with Crippen LogP contribution in [0.2, 0.25) is 0 Å². The Morgan fingerprint density at radius 2 is 1.44 bits per heavy atom. The number of nitrogens with zero attached hydrogens (tertiary/aromatic N) is 1. The van der Waals surface area contributed by atoms with Crippen molar-refractivity contribution >= 4 is 22.1 Å². The summed E-state index contributed by atoms with van der Waals surface area (Å²) in [6, 6.07) is 22.7. The number of hydrogen-bond donors (Lipinski definition) is 0. The Balaban J connectivity index is 1.82. The lowest BCUT2D eigenvalue weighted by atomic mass is 10.0. The van der Waals surface area contributed by atoms with E-state index in [1.165, 1.54) is 11.4 Å². The normalized spacial score (nSPS) is 20.6. The van der Waals surface area contributed by atoms with E-state index in [1.54, 1.807) is 30.3 Å². The van der Waals surface area contributed by atoms with E-state index in [9.17, 15) is 13.2 Å². The van der Waals surface area contributed by atoms with Crippen molar-refractivity contribution in [2.45, 2.75) is 30.8 Å². The molecule has 3 atom stereocenters. The monoisotopic (exact) mass is 447 g/mol. The van der Waals surface area contributed by atoms with E-state index in [4.69, 9.17) is 4.74 Å². The third-order valence-corrected chi connectivity index (χ3v) is 7.51. The van der Waals surface area contributed by atoms with Crippen molar-refractivity contribution < 1.29 is 17.9 Å². The molecule has 1 aliphatic rings. The number of ether oxygens (including phenoxy) is 1. The number of esters is 1. The van der Waals surface area contributed by atoms with Crippen molar-refractivity contribution in [2.24, 2.45) is 0 Å². The summed E-state index contributed by atoms with van der Waals surface area (Å²) in [5, 5.41) is 0. The zero-order valence-corrected chi connectivity index (χ0v) is 19.0. The van der Waals surface area contributed by atoms with Crippen molar-refractivity contribution in [3.05, 3.63) is 107 Å². The SMILES string of the molecule is COC(=O)/C(=C/c1ccccc1)[C@@H]1[C@H](c2ccc(C)cc2)N1S(=O)(=O)c1ccc(C)cc1. The lowest BCUT2D eigenvalue weighted by Crippen LogP contribution is -2.19. The summed E-state index contributed by atoms with van der Waals surface area (Å²) in [5.41, 5.74) is 3.99. The molecule has 0 spiro atoms. The predicted molar refractivity (Wildman–Crippen MR) is 124 cm³/mol. The molecule has 1 heterocycles. The number of benzene rings is 3. The van der Waals surface area contributed by atoms with Crippen molar-refractivity contribution in [2.75, 3.05) is 7.11 Å². The third kappa shape index (κ3) is 4.24. The first kappa shape index (κ1) is 22.0. The molecule has 1 saturated heterocycles. The highest BCUT2D eigenvalue weighted by atomic mass is 32.2. The smallest absolute Gasteiger partial charge is 0.335 e. The van der Waals surface area contributed by atoms with Gasteiger partial charge in [0.2, 0.25) is 10.0 Å². The topological polar surface area (TPSA) is 63.5 Å². The van der Waals surface area contributed by atoms with Crippen LogP contribution in [0.5, 0.6) is 0 Å². The van der Waals surface area contributed by atoms with Gasteiger partial charge < -0.3 is 4.74 Å². The molecule has 5 nitrogen and oxygen atoms in total. The van der Waals surface area contributed by atoms with Crippen LogP contribution >= 0.6 is 0 Å². The fourth-order valence-corrected chi connectivity index (χ4v) is 5.59. The third-order valence-electron chi connectivity index (χ3n) is 5.63. The molecule has 0 aromatic heterocycles. The number of rotatable bonds is 6. The fourth-order valence-electron chi connectivity index (χ4n) is 3.85. The fraction of sp³-hybridized carbons (Fsp3) is 0.192. The van der Waals surface area contributed by atoms with Crippen LogP contribution < -0.4 is 0 Å². The van der Waals surface area contributed by atoms with Gasteiger partial charge in [-0.05, 0) is 43.2 Å². The van der Waals surface area contributed by atoms with Crippen molar-refractivity contribution in [3.63, 3.8) is 0 Å². The van der Waals surface area contributed by atoms with Gasteiger partial charge in [0.1, 0.15) is 0 Å². The summed E-state index contributed by atoms with van der Waals surface area (Å²) in [6.07, 6.45) is 1.71. The van der Waals surface area contributed by atoms with Crippen molar-refractivity contribution in [1.82, 2.24) is 4.31 Å². The summed E-state index contributed by atoms with van der Waals surface area (Å²) in [4.78, 5) is 13.0. The van der Waals surface area contributed by atoms with Gasteiger partial charge in [-0.2, -0.15) is 4.31 Å². The van der Waals surface area contributed by atoms with E-state index in [-0.39, 0.29) is 4.90 Å². The highest BCUT2D eigenvalue weighted by Gasteiger charge is 2.59. The van der Waals surface area contributed by atoms with E-state index < -0.39 is 28.1 Å². The van der Waals surface area contributed by atoms with E-state index in [0.29, 0.717) is 5.57 Å². The molecule has 32 heavy (non-hydrogen) atoms. The van der Waals surface area contributed by atoms with Crippen LogP contribution in [0.3, 0.4) is 0 Å². The van der Waals surface area contributed by atoms with Crippen molar-refractivity contribution in [3.8, 4) is 0 Å². The molecule has 3 aromatic carbocycles. The maximum atomic E-state index is 13.6. The van der Waals surface area contributed by atoms with Gasteiger partial charge in [-0.25, -0.2) is 13.2 Å². The van der Waals surface area contributed by atoms with Crippen LogP contribution in [-0.2, 0) is 19.6 Å². The lowest BCUT2D eigenvalue weighted by molar-refractivity contribution is -0.136. The Morgan fingerprint density at radius 3 is 2.00 bits per heavy atom. The molecule has 1 fully saturated rings. The van der Waals surface area contributed by atoms with Gasteiger partial charge >= 0.3 is 5.97 Å². The van der Waals surface area contributed by atoms with Crippen LogP contribution in [0.1, 0.15) is 28.3 Å². The summed E-state index contributed by atoms with van der Waals surface area (Å²) in [7, 11) is -2.52. The summed E-state index contributed by atoms with van der Waals surface area (Å²) >= 11 is 0. The van der Waals surface area contributed by atoms with Gasteiger partial charge in [0.05, 0.1) is 29.7 Å². The Labute approximate surface area is 189 Å². The molecule has 4 rings (SSSR count). The average molecular weight is 448 g/mol. The molecular weight excluding hydrogens is 422 g/mol. The van der Waals surface area contributed by atoms with Crippen LogP contribution in [0.4, 0.5) is 0 Å². The molecule has 0 bridgehead atoms. The number of methoxy groups -OCH3 is 1. The zero-order valence-electron chi connectivity index (χ0n) is 18.2. The van der Waals surface area contributed by atoms with Crippen molar-refractivity contribution in [1.29, 1.82) is 0 Å². The Hall–Kier alpha value is -3.22. The second-order valence-electron chi connectivity index (χ2n) is 7.95. The average Bonchev–Trinajstić information content (AvgIpc) is 3.55. The minimum atomic E-state index is -3.83. The van der Waals surface area contributed by atoms with Gasteiger partial charge in [-0.3, -0.25) is 0 Å². The van der Waals surface area contributed by atoms with E-state index in [1.807, 2.05) is 68.4 Å². The maximum absolute atomic E-state index is 13.6. The molecule has 0 radical (unpaired) electrons. The summed E-state index contributed by atoms with van der Waals surface area (Å²) in [6.45, 7) is 3.88. The second kappa shape index (κ2) is 8.73. The highest BCUT2D eigenvalue weighted by molar-refractivity contribution is 7.89. The number of carbonyl (C=O) groups is 1. The van der Waals surface area contributed by atoms with Gasteiger partial charge in [-0.1, -0.05) is 77.9 Å². The first-order valence-electron chi connectivity index (χ1n) is 10.3. The molecule has 164 valence electrons. The van der Waals surface area contributed by atoms with Crippen LogP contribution in [-0.4, -0.2) is 31.8 Å². The van der Waals surface area contributed by atoms with Crippen LogP contribution in [0.25, 0.3) is 6.08 Å². The molecule has 0 amide bonds. The van der Waals surface area contributed by atoms with Gasteiger partial charge in [0.15, 0.2) is 0 Å². The predicted octanol–water partition coefficient (Wildman–Crippen LogP) is 4.67. The summed E-state index contributed by atoms with van der Waals surface area (Å²) in [5.74, 6) is -0.544. The van der Waals surface area contributed by atoms with Gasteiger partial charge in [-0.15, -0.1) is 0 Å².